The van der Waals surface area contributed by atoms with E-state index in [-0.39, 0.29) is 5.91 Å². The van der Waals surface area contributed by atoms with Crippen LogP contribution in [0.25, 0.3) is 0 Å². The Bertz CT molecular complexity index is 466. The van der Waals surface area contributed by atoms with Gasteiger partial charge in [0.05, 0.1) is 0 Å². The van der Waals surface area contributed by atoms with Crippen LogP contribution in [0.3, 0.4) is 0 Å². The number of amides is 1. The molecule has 0 saturated heterocycles. The molecule has 0 atom stereocenters. The number of aliphatic imine (C=N–C) groups is 1. The Labute approximate surface area is 127 Å². The van der Waals surface area contributed by atoms with Crippen LogP contribution in [0.15, 0.2) is 29.3 Å². The molecule has 0 fully saturated rings. The topological polar surface area (TPSA) is 65.5 Å². The fourth-order valence-corrected chi connectivity index (χ4v) is 1.74. The zero-order chi connectivity index (χ0) is 15.7. The summed E-state index contributed by atoms with van der Waals surface area (Å²) in [6.07, 6.45) is 0. The molecular weight excluding hydrogens is 264 g/mol. The lowest BCUT2D eigenvalue weighted by atomic mass is 10.1. The molecule has 116 valence electrons. The van der Waals surface area contributed by atoms with E-state index < -0.39 is 0 Å². The molecule has 0 aliphatic rings. The summed E-state index contributed by atoms with van der Waals surface area (Å²) >= 11 is 0. The minimum Gasteiger partial charge on any atom is -0.356 e. The highest BCUT2D eigenvalue weighted by atomic mass is 16.1. The Morgan fingerprint density at radius 2 is 1.81 bits per heavy atom. The molecule has 21 heavy (non-hydrogen) atoms. The summed E-state index contributed by atoms with van der Waals surface area (Å²) in [6.45, 7) is 8.41. The Morgan fingerprint density at radius 3 is 2.33 bits per heavy atom. The van der Waals surface area contributed by atoms with Crippen LogP contribution in [-0.2, 0) is 6.54 Å². The van der Waals surface area contributed by atoms with Gasteiger partial charge in [0, 0.05) is 32.2 Å². The Morgan fingerprint density at radius 1 is 1.14 bits per heavy atom. The van der Waals surface area contributed by atoms with Crippen molar-refractivity contribution in [3.63, 3.8) is 0 Å². The molecule has 0 unspecified atom stereocenters. The minimum atomic E-state index is -0.0357. The summed E-state index contributed by atoms with van der Waals surface area (Å²) in [6, 6.07) is 7.58. The van der Waals surface area contributed by atoms with Crippen molar-refractivity contribution in [1.29, 1.82) is 0 Å². The second kappa shape index (κ2) is 9.00. The highest BCUT2D eigenvalue weighted by Crippen LogP contribution is 2.04. The molecule has 5 heteroatoms. The predicted octanol–water partition coefficient (Wildman–Crippen LogP) is 1.76. The van der Waals surface area contributed by atoms with Crippen LogP contribution < -0.4 is 16.0 Å². The zero-order valence-corrected chi connectivity index (χ0v) is 13.4. The van der Waals surface area contributed by atoms with Crippen molar-refractivity contribution in [3.05, 3.63) is 35.4 Å². The SMILES string of the molecule is CCNC(=O)c1ccc(CNC(=NC)NCC(C)C)cc1. The van der Waals surface area contributed by atoms with E-state index in [1.165, 1.54) is 0 Å². The molecule has 1 aromatic carbocycles. The molecule has 5 nitrogen and oxygen atoms in total. The van der Waals surface area contributed by atoms with Crippen molar-refractivity contribution in [2.24, 2.45) is 10.9 Å². The van der Waals surface area contributed by atoms with E-state index in [0.717, 1.165) is 18.1 Å². The molecule has 0 bridgehead atoms. The molecule has 1 aromatic rings. The van der Waals surface area contributed by atoms with Crippen molar-refractivity contribution in [2.45, 2.75) is 27.3 Å². The van der Waals surface area contributed by atoms with Crippen molar-refractivity contribution >= 4 is 11.9 Å². The van der Waals surface area contributed by atoms with Crippen LogP contribution in [0.4, 0.5) is 0 Å². The standard InChI is InChI=1S/C16H26N4O/c1-5-18-15(21)14-8-6-13(7-9-14)11-20-16(17-4)19-10-12(2)3/h6-9,12H,5,10-11H2,1-4H3,(H,18,21)(H2,17,19,20). The van der Waals surface area contributed by atoms with E-state index in [4.69, 9.17) is 0 Å². The van der Waals surface area contributed by atoms with Crippen LogP contribution in [0.5, 0.6) is 0 Å². The maximum Gasteiger partial charge on any atom is 0.251 e. The first-order chi connectivity index (χ1) is 10.1. The van der Waals surface area contributed by atoms with Crippen molar-refractivity contribution < 1.29 is 4.79 Å². The maximum absolute atomic E-state index is 11.7. The number of rotatable bonds is 6. The van der Waals surface area contributed by atoms with Gasteiger partial charge in [-0.15, -0.1) is 0 Å². The normalized spacial score (nSPS) is 11.4. The van der Waals surface area contributed by atoms with E-state index in [0.29, 0.717) is 24.6 Å². The average Bonchev–Trinajstić information content (AvgIpc) is 2.48. The quantitative estimate of drug-likeness (QED) is 0.552. The van der Waals surface area contributed by atoms with E-state index in [2.05, 4.69) is 34.8 Å². The summed E-state index contributed by atoms with van der Waals surface area (Å²) in [5.41, 5.74) is 1.79. The smallest absolute Gasteiger partial charge is 0.251 e. The zero-order valence-electron chi connectivity index (χ0n) is 13.4. The van der Waals surface area contributed by atoms with Gasteiger partial charge in [-0.05, 0) is 30.5 Å². The van der Waals surface area contributed by atoms with Crippen molar-refractivity contribution in [3.8, 4) is 0 Å². The van der Waals surface area contributed by atoms with Gasteiger partial charge in [0.25, 0.3) is 5.91 Å². The van der Waals surface area contributed by atoms with Gasteiger partial charge in [-0.3, -0.25) is 9.79 Å². The monoisotopic (exact) mass is 290 g/mol. The maximum atomic E-state index is 11.7. The summed E-state index contributed by atoms with van der Waals surface area (Å²) in [4.78, 5) is 15.8. The highest BCUT2D eigenvalue weighted by Gasteiger charge is 2.04. The number of hydrogen-bond acceptors (Lipinski definition) is 2. The van der Waals surface area contributed by atoms with Crippen LogP contribution in [0, 0.1) is 5.92 Å². The van der Waals surface area contributed by atoms with E-state index in [1.54, 1.807) is 7.05 Å². The second-order valence-corrected chi connectivity index (χ2v) is 5.26. The average molecular weight is 290 g/mol. The number of benzene rings is 1. The van der Waals surface area contributed by atoms with Gasteiger partial charge in [0.2, 0.25) is 0 Å². The summed E-state index contributed by atoms with van der Waals surface area (Å²) in [5.74, 6) is 1.32. The fraction of sp³-hybridized carbons (Fsp3) is 0.500. The molecular formula is C16H26N4O. The lowest BCUT2D eigenvalue weighted by molar-refractivity contribution is 0.0956. The van der Waals surface area contributed by atoms with Gasteiger partial charge < -0.3 is 16.0 Å². The van der Waals surface area contributed by atoms with Gasteiger partial charge in [-0.1, -0.05) is 26.0 Å². The highest BCUT2D eigenvalue weighted by molar-refractivity contribution is 5.94. The molecule has 0 saturated carbocycles. The fourth-order valence-electron chi connectivity index (χ4n) is 1.74. The molecule has 0 spiro atoms. The number of nitrogens with one attached hydrogen (secondary N) is 3. The number of carbonyl (C=O) groups excluding carboxylic acids is 1. The number of carbonyl (C=O) groups is 1. The molecule has 0 heterocycles. The third kappa shape index (κ3) is 6.29. The van der Waals surface area contributed by atoms with Crippen LogP contribution >= 0.6 is 0 Å². The van der Waals surface area contributed by atoms with Crippen molar-refractivity contribution in [2.75, 3.05) is 20.1 Å². The number of nitrogens with zero attached hydrogens (tertiary/aromatic N) is 1. The predicted molar refractivity (Wildman–Crippen MR) is 87.5 cm³/mol. The first kappa shape index (κ1) is 17.0. The Hall–Kier alpha value is -2.04. The largest absolute Gasteiger partial charge is 0.356 e. The van der Waals surface area contributed by atoms with E-state index in [1.807, 2.05) is 31.2 Å². The molecule has 0 radical (unpaired) electrons. The van der Waals surface area contributed by atoms with Crippen LogP contribution in [0.1, 0.15) is 36.7 Å². The molecule has 0 aromatic heterocycles. The summed E-state index contributed by atoms with van der Waals surface area (Å²) < 4.78 is 0. The summed E-state index contributed by atoms with van der Waals surface area (Å²) in [5, 5.41) is 9.30. The van der Waals surface area contributed by atoms with Gasteiger partial charge in [0.1, 0.15) is 0 Å². The van der Waals surface area contributed by atoms with Crippen LogP contribution in [0.2, 0.25) is 0 Å². The number of guanidine groups is 1. The lowest BCUT2D eigenvalue weighted by Gasteiger charge is -2.13. The summed E-state index contributed by atoms with van der Waals surface area (Å²) in [7, 11) is 1.76. The van der Waals surface area contributed by atoms with Gasteiger partial charge >= 0.3 is 0 Å². The first-order valence-electron chi connectivity index (χ1n) is 7.38. The van der Waals surface area contributed by atoms with E-state index in [9.17, 15) is 4.79 Å². The lowest BCUT2D eigenvalue weighted by Crippen LogP contribution is -2.38. The second-order valence-electron chi connectivity index (χ2n) is 5.26. The molecule has 1 rings (SSSR count). The molecule has 0 aliphatic heterocycles. The number of hydrogen-bond donors (Lipinski definition) is 3. The Balaban J connectivity index is 2.50. The van der Waals surface area contributed by atoms with Gasteiger partial charge in [-0.2, -0.15) is 0 Å². The minimum absolute atomic E-state index is 0.0357. The molecule has 1 amide bonds. The third-order valence-electron chi connectivity index (χ3n) is 2.91. The Kier molecular flexibility index (Phi) is 7.29. The third-order valence-corrected chi connectivity index (χ3v) is 2.91. The van der Waals surface area contributed by atoms with E-state index >= 15 is 0 Å². The molecule has 0 aliphatic carbocycles. The first-order valence-corrected chi connectivity index (χ1v) is 7.38. The van der Waals surface area contributed by atoms with Gasteiger partial charge in [0.15, 0.2) is 5.96 Å². The van der Waals surface area contributed by atoms with Gasteiger partial charge in [-0.25, -0.2) is 0 Å². The van der Waals surface area contributed by atoms with Crippen molar-refractivity contribution in [1.82, 2.24) is 16.0 Å². The molecule has 3 N–H and O–H groups in total. The van der Waals surface area contributed by atoms with Crippen LogP contribution in [-0.4, -0.2) is 32.0 Å².